The standard InChI is InChI=1S/C12H11Cl3N2S/c1-5(11-6(2)17-12(16)18-11)7-3-9(14)10(15)4-8(7)13/h3-5H,1-2H3,(H2,16,17). The minimum absolute atomic E-state index is 0.0852. The van der Waals surface area contributed by atoms with Crippen LogP contribution in [-0.4, -0.2) is 4.98 Å². The maximum absolute atomic E-state index is 6.22. The minimum atomic E-state index is 0.0852. The highest BCUT2D eigenvalue weighted by molar-refractivity contribution is 7.15. The molecule has 0 fully saturated rings. The van der Waals surface area contributed by atoms with Gasteiger partial charge in [0.25, 0.3) is 0 Å². The summed E-state index contributed by atoms with van der Waals surface area (Å²) in [4.78, 5) is 5.31. The molecule has 1 atom stereocenters. The molecule has 2 N–H and O–H groups in total. The van der Waals surface area contributed by atoms with Gasteiger partial charge in [-0.1, -0.05) is 41.7 Å². The smallest absolute Gasteiger partial charge is 0.180 e. The summed E-state index contributed by atoms with van der Waals surface area (Å²) in [6, 6.07) is 3.46. The van der Waals surface area contributed by atoms with Crippen molar-refractivity contribution in [2.45, 2.75) is 19.8 Å². The van der Waals surface area contributed by atoms with Gasteiger partial charge in [0, 0.05) is 15.8 Å². The number of nitrogen functional groups attached to an aromatic ring is 1. The third kappa shape index (κ3) is 2.59. The summed E-state index contributed by atoms with van der Waals surface area (Å²) in [7, 11) is 0. The topological polar surface area (TPSA) is 38.9 Å². The van der Waals surface area contributed by atoms with E-state index in [1.54, 1.807) is 12.1 Å². The monoisotopic (exact) mass is 320 g/mol. The fraction of sp³-hybridized carbons (Fsp3) is 0.250. The van der Waals surface area contributed by atoms with Crippen LogP contribution in [0, 0.1) is 6.92 Å². The van der Waals surface area contributed by atoms with Crippen LogP contribution in [0.2, 0.25) is 15.1 Å². The maximum atomic E-state index is 6.22. The zero-order chi connectivity index (χ0) is 13.4. The maximum Gasteiger partial charge on any atom is 0.180 e. The number of rotatable bonds is 2. The molecule has 0 aliphatic rings. The highest BCUT2D eigenvalue weighted by atomic mass is 35.5. The molecule has 0 bridgehead atoms. The van der Waals surface area contributed by atoms with Crippen molar-refractivity contribution in [3.05, 3.63) is 43.3 Å². The fourth-order valence-electron chi connectivity index (χ4n) is 1.84. The Morgan fingerprint density at radius 1 is 1.17 bits per heavy atom. The molecule has 2 aromatic rings. The molecule has 2 nitrogen and oxygen atoms in total. The van der Waals surface area contributed by atoms with Crippen molar-refractivity contribution in [3.63, 3.8) is 0 Å². The molecule has 0 saturated carbocycles. The van der Waals surface area contributed by atoms with Crippen molar-refractivity contribution in [2.24, 2.45) is 0 Å². The molecule has 1 heterocycles. The predicted octanol–water partition coefficient (Wildman–Crippen LogP) is 5.15. The number of aromatic nitrogens is 1. The lowest BCUT2D eigenvalue weighted by Gasteiger charge is -2.13. The number of aryl methyl sites for hydroxylation is 1. The Labute approximate surface area is 125 Å². The SMILES string of the molecule is Cc1nc(N)sc1C(C)c1cc(Cl)c(Cl)cc1Cl. The van der Waals surface area contributed by atoms with E-state index >= 15 is 0 Å². The number of nitrogens with zero attached hydrogens (tertiary/aromatic N) is 1. The van der Waals surface area contributed by atoms with E-state index in [2.05, 4.69) is 4.98 Å². The van der Waals surface area contributed by atoms with Gasteiger partial charge in [-0.2, -0.15) is 0 Å². The Morgan fingerprint density at radius 3 is 2.33 bits per heavy atom. The molecule has 0 saturated heterocycles. The quantitative estimate of drug-likeness (QED) is 0.777. The number of thiazole rings is 1. The van der Waals surface area contributed by atoms with Crippen LogP contribution in [0.4, 0.5) is 5.13 Å². The number of nitrogens with two attached hydrogens (primary N) is 1. The minimum Gasteiger partial charge on any atom is -0.375 e. The lowest BCUT2D eigenvalue weighted by Crippen LogP contribution is -1.97. The van der Waals surface area contributed by atoms with E-state index in [-0.39, 0.29) is 5.92 Å². The first-order chi connectivity index (χ1) is 8.40. The molecule has 2 rings (SSSR count). The van der Waals surface area contributed by atoms with E-state index in [9.17, 15) is 0 Å². The van der Waals surface area contributed by atoms with Crippen LogP contribution in [0.15, 0.2) is 12.1 Å². The Hall–Kier alpha value is -0.480. The Morgan fingerprint density at radius 2 is 1.78 bits per heavy atom. The molecule has 1 aromatic heterocycles. The zero-order valence-corrected chi connectivity index (χ0v) is 12.9. The van der Waals surface area contributed by atoms with Gasteiger partial charge >= 0.3 is 0 Å². The van der Waals surface area contributed by atoms with E-state index in [4.69, 9.17) is 40.5 Å². The van der Waals surface area contributed by atoms with E-state index in [0.29, 0.717) is 20.2 Å². The summed E-state index contributed by atoms with van der Waals surface area (Å²) in [6.07, 6.45) is 0. The van der Waals surface area contributed by atoms with Gasteiger partial charge in [0.1, 0.15) is 0 Å². The van der Waals surface area contributed by atoms with Crippen LogP contribution >= 0.6 is 46.1 Å². The molecular weight excluding hydrogens is 311 g/mol. The van der Waals surface area contributed by atoms with Crippen molar-refractivity contribution >= 4 is 51.3 Å². The highest BCUT2D eigenvalue weighted by Crippen LogP contribution is 2.39. The normalized spacial score (nSPS) is 12.7. The van der Waals surface area contributed by atoms with E-state index in [1.165, 1.54) is 11.3 Å². The molecule has 1 unspecified atom stereocenters. The number of benzene rings is 1. The number of halogens is 3. The summed E-state index contributed by atoms with van der Waals surface area (Å²) in [5.74, 6) is 0.0852. The van der Waals surface area contributed by atoms with Gasteiger partial charge in [0.2, 0.25) is 0 Å². The largest absolute Gasteiger partial charge is 0.375 e. The average molecular weight is 322 g/mol. The Bertz CT molecular complexity index is 595. The van der Waals surface area contributed by atoms with Crippen LogP contribution in [0.25, 0.3) is 0 Å². The second-order valence-corrected chi connectivity index (χ2v) is 6.30. The van der Waals surface area contributed by atoms with Gasteiger partial charge in [-0.05, 0) is 24.6 Å². The Balaban J connectivity index is 2.49. The molecule has 0 aliphatic heterocycles. The predicted molar refractivity (Wildman–Crippen MR) is 80.3 cm³/mol. The van der Waals surface area contributed by atoms with Crippen molar-refractivity contribution < 1.29 is 0 Å². The third-order valence-corrected chi connectivity index (χ3v) is 4.97. The van der Waals surface area contributed by atoms with Crippen molar-refractivity contribution in [3.8, 4) is 0 Å². The Kier molecular flexibility index (Phi) is 4.07. The summed E-state index contributed by atoms with van der Waals surface area (Å²) < 4.78 is 0. The van der Waals surface area contributed by atoms with Crippen molar-refractivity contribution in [1.29, 1.82) is 0 Å². The van der Waals surface area contributed by atoms with E-state index in [0.717, 1.165) is 16.1 Å². The third-order valence-electron chi connectivity index (χ3n) is 2.75. The summed E-state index contributed by atoms with van der Waals surface area (Å²) >= 11 is 19.6. The molecule has 0 spiro atoms. The molecular formula is C12H11Cl3N2S. The van der Waals surface area contributed by atoms with Gasteiger partial charge in [0.05, 0.1) is 15.7 Å². The summed E-state index contributed by atoms with van der Waals surface area (Å²) in [5.41, 5.74) is 7.57. The highest BCUT2D eigenvalue weighted by Gasteiger charge is 2.19. The lowest BCUT2D eigenvalue weighted by molar-refractivity contribution is 0.927. The molecule has 6 heteroatoms. The van der Waals surface area contributed by atoms with E-state index in [1.807, 2.05) is 13.8 Å². The van der Waals surface area contributed by atoms with Crippen LogP contribution in [0.3, 0.4) is 0 Å². The first kappa shape index (κ1) is 13.9. The molecule has 18 heavy (non-hydrogen) atoms. The molecule has 0 aliphatic carbocycles. The van der Waals surface area contributed by atoms with E-state index < -0.39 is 0 Å². The number of hydrogen-bond acceptors (Lipinski definition) is 3. The average Bonchev–Trinajstić information content (AvgIpc) is 2.62. The molecule has 96 valence electrons. The lowest BCUT2D eigenvalue weighted by atomic mass is 9.98. The molecule has 1 aromatic carbocycles. The fourth-order valence-corrected chi connectivity index (χ4v) is 3.47. The van der Waals surface area contributed by atoms with Gasteiger partial charge in [-0.15, -0.1) is 11.3 Å². The van der Waals surface area contributed by atoms with Crippen LogP contribution in [0.1, 0.15) is 29.0 Å². The summed E-state index contributed by atoms with van der Waals surface area (Å²) in [5, 5.41) is 2.12. The van der Waals surface area contributed by atoms with Crippen LogP contribution in [-0.2, 0) is 0 Å². The second kappa shape index (κ2) is 5.25. The second-order valence-electron chi connectivity index (χ2n) is 4.01. The zero-order valence-electron chi connectivity index (χ0n) is 9.80. The van der Waals surface area contributed by atoms with Crippen molar-refractivity contribution in [1.82, 2.24) is 4.98 Å². The first-order valence-electron chi connectivity index (χ1n) is 5.27. The van der Waals surface area contributed by atoms with Gasteiger partial charge in [-0.3, -0.25) is 0 Å². The van der Waals surface area contributed by atoms with Gasteiger partial charge < -0.3 is 5.73 Å². The van der Waals surface area contributed by atoms with Gasteiger partial charge in [0.15, 0.2) is 5.13 Å². The van der Waals surface area contributed by atoms with Crippen LogP contribution < -0.4 is 5.73 Å². The molecule has 0 amide bonds. The number of hydrogen-bond donors (Lipinski definition) is 1. The van der Waals surface area contributed by atoms with Crippen LogP contribution in [0.5, 0.6) is 0 Å². The summed E-state index contributed by atoms with van der Waals surface area (Å²) in [6.45, 7) is 3.98. The first-order valence-corrected chi connectivity index (χ1v) is 7.22. The van der Waals surface area contributed by atoms with Crippen molar-refractivity contribution in [2.75, 3.05) is 5.73 Å². The molecule has 0 radical (unpaired) electrons. The number of anilines is 1. The van der Waals surface area contributed by atoms with Gasteiger partial charge in [-0.25, -0.2) is 4.98 Å².